The minimum atomic E-state index is -0.918. The van der Waals surface area contributed by atoms with Crippen LogP contribution in [0.3, 0.4) is 0 Å². The maximum absolute atomic E-state index is 13.8. The lowest BCUT2D eigenvalue weighted by Gasteiger charge is -2.03. The predicted octanol–water partition coefficient (Wildman–Crippen LogP) is 4.54. The van der Waals surface area contributed by atoms with E-state index in [4.69, 9.17) is 4.42 Å². The minimum Gasteiger partial charge on any atom is -0.456 e. The highest BCUT2D eigenvalue weighted by molar-refractivity contribution is 9.10. The average Bonchev–Trinajstić information content (AvgIpc) is 2.74. The van der Waals surface area contributed by atoms with E-state index >= 15 is 0 Å². The molecule has 19 heavy (non-hydrogen) atoms. The van der Waals surface area contributed by atoms with E-state index in [1.54, 1.807) is 0 Å². The Hall–Kier alpha value is -0.940. The van der Waals surface area contributed by atoms with Gasteiger partial charge in [-0.15, -0.1) is 0 Å². The van der Waals surface area contributed by atoms with Gasteiger partial charge in [0.15, 0.2) is 11.4 Å². The second-order valence-corrected chi connectivity index (χ2v) is 5.25. The highest BCUT2D eigenvalue weighted by Crippen LogP contribution is 2.36. The topological polar surface area (TPSA) is 25.2 Å². The van der Waals surface area contributed by atoms with E-state index in [0.29, 0.717) is 22.2 Å². The van der Waals surface area contributed by atoms with Gasteiger partial charge in [0.2, 0.25) is 5.82 Å². The SMILES string of the molecule is CCCc1c(CNCC)oc2c(F)c(F)cc(Br)c12. The van der Waals surface area contributed by atoms with E-state index in [1.807, 2.05) is 13.8 Å². The molecule has 0 aliphatic heterocycles. The van der Waals surface area contributed by atoms with Gasteiger partial charge < -0.3 is 9.73 Å². The highest BCUT2D eigenvalue weighted by Gasteiger charge is 2.21. The van der Waals surface area contributed by atoms with E-state index in [-0.39, 0.29) is 5.58 Å². The first-order valence-corrected chi connectivity index (χ1v) is 7.17. The van der Waals surface area contributed by atoms with Crippen molar-refractivity contribution in [3.8, 4) is 0 Å². The number of aryl methyl sites for hydroxylation is 1. The summed E-state index contributed by atoms with van der Waals surface area (Å²) in [6.45, 7) is 5.34. The predicted molar refractivity (Wildman–Crippen MR) is 75.2 cm³/mol. The van der Waals surface area contributed by atoms with Crippen molar-refractivity contribution in [3.05, 3.63) is 33.5 Å². The van der Waals surface area contributed by atoms with Crippen LogP contribution >= 0.6 is 15.9 Å². The molecule has 2 nitrogen and oxygen atoms in total. The monoisotopic (exact) mass is 331 g/mol. The van der Waals surface area contributed by atoms with Gasteiger partial charge in [-0.05, 0) is 35.0 Å². The van der Waals surface area contributed by atoms with Crippen LogP contribution in [0.2, 0.25) is 0 Å². The van der Waals surface area contributed by atoms with Crippen molar-refractivity contribution in [2.75, 3.05) is 6.54 Å². The van der Waals surface area contributed by atoms with E-state index in [9.17, 15) is 8.78 Å². The molecule has 5 heteroatoms. The highest BCUT2D eigenvalue weighted by atomic mass is 79.9. The molecule has 0 bridgehead atoms. The molecule has 0 radical (unpaired) electrons. The lowest BCUT2D eigenvalue weighted by Crippen LogP contribution is -2.12. The van der Waals surface area contributed by atoms with Crippen LogP contribution in [0.25, 0.3) is 11.0 Å². The Balaban J connectivity index is 2.65. The standard InChI is InChI=1S/C14H16BrF2NO/c1-3-5-8-11(7-18-4-2)19-14-12(8)9(15)6-10(16)13(14)17/h6,18H,3-5,7H2,1-2H3. The van der Waals surface area contributed by atoms with Crippen LogP contribution in [0.4, 0.5) is 8.78 Å². The first-order valence-electron chi connectivity index (χ1n) is 6.38. The first kappa shape index (κ1) is 14.5. The summed E-state index contributed by atoms with van der Waals surface area (Å²) < 4.78 is 33.3. The summed E-state index contributed by atoms with van der Waals surface area (Å²) in [7, 11) is 0. The third kappa shape index (κ3) is 2.67. The molecule has 0 aliphatic carbocycles. The lowest BCUT2D eigenvalue weighted by atomic mass is 10.1. The van der Waals surface area contributed by atoms with Crippen LogP contribution < -0.4 is 5.32 Å². The van der Waals surface area contributed by atoms with Crippen LogP contribution in [-0.4, -0.2) is 6.54 Å². The zero-order valence-electron chi connectivity index (χ0n) is 10.9. The van der Waals surface area contributed by atoms with Crippen LogP contribution in [0.1, 0.15) is 31.6 Å². The largest absolute Gasteiger partial charge is 0.456 e. The van der Waals surface area contributed by atoms with Crippen molar-refractivity contribution >= 4 is 26.9 Å². The summed E-state index contributed by atoms with van der Waals surface area (Å²) in [6, 6.07) is 1.16. The number of fused-ring (bicyclic) bond motifs is 1. The molecule has 0 amide bonds. The maximum Gasteiger partial charge on any atom is 0.201 e. The molecule has 1 aromatic heterocycles. The normalized spacial score (nSPS) is 11.4. The summed E-state index contributed by atoms with van der Waals surface area (Å²) in [5.74, 6) is -1.13. The molecule has 1 heterocycles. The molecule has 1 aromatic carbocycles. The molecule has 0 aliphatic rings. The number of benzene rings is 1. The van der Waals surface area contributed by atoms with E-state index in [0.717, 1.165) is 31.0 Å². The fourth-order valence-corrected chi connectivity index (χ4v) is 2.79. The van der Waals surface area contributed by atoms with Crippen molar-refractivity contribution in [2.24, 2.45) is 0 Å². The second-order valence-electron chi connectivity index (χ2n) is 4.39. The summed E-state index contributed by atoms with van der Waals surface area (Å²) in [4.78, 5) is 0. The number of furan rings is 1. The van der Waals surface area contributed by atoms with E-state index in [2.05, 4.69) is 21.2 Å². The zero-order valence-corrected chi connectivity index (χ0v) is 12.5. The fourth-order valence-electron chi connectivity index (χ4n) is 2.17. The quantitative estimate of drug-likeness (QED) is 0.814. The minimum absolute atomic E-state index is 0.00299. The summed E-state index contributed by atoms with van der Waals surface area (Å²) in [6.07, 6.45) is 1.69. The number of halogens is 3. The maximum atomic E-state index is 13.8. The van der Waals surface area contributed by atoms with Crippen molar-refractivity contribution < 1.29 is 13.2 Å². The van der Waals surface area contributed by atoms with Crippen LogP contribution in [0.5, 0.6) is 0 Å². The van der Waals surface area contributed by atoms with Crippen molar-refractivity contribution in [3.63, 3.8) is 0 Å². The first-order chi connectivity index (χ1) is 9.10. The van der Waals surface area contributed by atoms with Gasteiger partial charge in [-0.2, -0.15) is 4.39 Å². The number of nitrogens with one attached hydrogen (secondary N) is 1. The molecule has 0 spiro atoms. The Kier molecular flexibility index (Phi) is 4.58. The summed E-state index contributed by atoms with van der Waals surface area (Å²) >= 11 is 3.30. The van der Waals surface area contributed by atoms with Crippen LogP contribution in [0.15, 0.2) is 15.0 Å². The molecule has 2 rings (SSSR count). The Labute approximate surface area is 119 Å². The van der Waals surface area contributed by atoms with Crippen LogP contribution in [0, 0.1) is 11.6 Å². The van der Waals surface area contributed by atoms with Crippen molar-refractivity contribution in [1.29, 1.82) is 0 Å². The molecule has 104 valence electrons. The fraction of sp³-hybridized carbons (Fsp3) is 0.429. The van der Waals surface area contributed by atoms with Gasteiger partial charge in [0.1, 0.15) is 5.76 Å². The molecule has 0 saturated carbocycles. The Morgan fingerprint density at radius 2 is 2.05 bits per heavy atom. The van der Waals surface area contributed by atoms with E-state index < -0.39 is 11.6 Å². The van der Waals surface area contributed by atoms with Gasteiger partial charge in [-0.25, -0.2) is 4.39 Å². The summed E-state index contributed by atoms with van der Waals surface area (Å²) in [5, 5.41) is 3.80. The lowest BCUT2D eigenvalue weighted by molar-refractivity contribution is 0.468. The van der Waals surface area contributed by atoms with Gasteiger partial charge in [0.25, 0.3) is 0 Å². The van der Waals surface area contributed by atoms with Gasteiger partial charge in [0.05, 0.1) is 6.54 Å². The Morgan fingerprint density at radius 3 is 2.68 bits per heavy atom. The third-order valence-electron chi connectivity index (χ3n) is 3.03. The van der Waals surface area contributed by atoms with Crippen molar-refractivity contribution in [1.82, 2.24) is 5.32 Å². The third-order valence-corrected chi connectivity index (χ3v) is 3.65. The molecular weight excluding hydrogens is 316 g/mol. The Morgan fingerprint density at radius 1 is 1.32 bits per heavy atom. The molecular formula is C14H16BrF2NO. The van der Waals surface area contributed by atoms with Gasteiger partial charge in [-0.3, -0.25) is 0 Å². The second kappa shape index (κ2) is 6.01. The summed E-state index contributed by atoms with van der Waals surface area (Å²) in [5.41, 5.74) is 0.951. The molecule has 2 aromatic rings. The molecule has 0 atom stereocenters. The number of hydrogen-bond donors (Lipinski definition) is 1. The smallest absolute Gasteiger partial charge is 0.201 e. The van der Waals surface area contributed by atoms with Crippen molar-refractivity contribution in [2.45, 2.75) is 33.2 Å². The molecule has 0 unspecified atom stereocenters. The Bertz CT molecular complexity index is 595. The number of hydrogen-bond acceptors (Lipinski definition) is 2. The molecule has 0 saturated heterocycles. The van der Waals surface area contributed by atoms with E-state index in [1.165, 1.54) is 0 Å². The average molecular weight is 332 g/mol. The van der Waals surface area contributed by atoms with Crippen LogP contribution in [-0.2, 0) is 13.0 Å². The van der Waals surface area contributed by atoms with Gasteiger partial charge >= 0.3 is 0 Å². The van der Waals surface area contributed by atoms with Gasteiger partial charge in [-0.1, -0.05) is 20.3 Å². The molecule has 0 fully saturated rings. The zero-order chi connectivity index (χ0) is 14.0. The number of rotatable bonds is 5. The molecule has 1 N–H and O–H groups in total. The van der Waals surface area contributed by atoms with Gasteiger partial charge in [0, 0.05) is 15.4 Å².